The van der Waals surface area contributed by atoms with Crippen LogP contribution in [0.3, 0.4) is 0 Å². The molecule has 23 heavy (non-hydrogen) atoms. The topological polar surface area (TPSA) is 87.7 Å². The van der Waals surface area contributed by atoms with Crippen molar-refractivity contribution in [3.05, 3.63) is 23.8 Å². The lowest BCUT2D eigenvalue weighted by Gasteiger charge is -2.26. The summed E-state index contributed by atoms with van der Waals surface area (Å²) >= 11 is 0. The Morgan fingerprint density at radius 1 is 1.30 bits per heavy atom. The number of carbonyl (C=O) groups is 1. The van der Waals surface area contributed by atoms with Crippen molar-refractivity contribution in [1.29, 1.82) is 0 Å². The number of aryl methyl sites for hydroxylation is 1. The molecule has 1 saturated heterocycles. The van der Waals surface area contributed by atoms with Crippen molar-refractivity contribution in [2.24, 2.45) is 0 Å². The van der Waals surface area contributed by atoms with Crippen LogP contribution in [0.2, 0.25) is 0 Å². The molecule has 1 fully saturated rings. The number of hydrogen-bond acceptors (Lipinski definition) is 5. The van der Waals surface area contributed by atoms with Crippen LogP contribution >= 0.6 is 0 Å². The van der Waals surface area contributed by atoms with Crippen molar-refractivity contribution in [3.8, 4) is 0 Å². The summed E-state index contributed by atoms with van der Waals surface area (Å²) in [4.78, 5) is 14.4. The maximum Gasteiger partial charge on any atom is 0.319 e. The van der Waals surface area contributed by atoms with Crippen molar-refractivity contribution in [2.75, 3.05) is 51.0 Å². The first kappa shape index (κ1) is 17.7. The first-order chi connectivity index (χ1) is 10.9. The number of nitrogens with one attached hydrogen (secondary N) is 2. The molecule has 0 saturated carbocycles. The number of rotatable bonds is 5. The van der Waals surface area contributed by atoms with Crippen LogP contribution in [0.1, 0.15) is 5.56 Å². The van der Waals surface area contributed by atoms with Crippen LogP contribution in [0.25, 0.3) is 0 Å². The molecular weight excluding hydrogens is 318 g/mol. The van der Waals surface area contributed by atoms with Gasteiger partial charge in [0.15, 0.2) is 9.84 Å². The SMILES string of the molecule is Cc1ccc(S(C)(=O)=O)cc1NC(=O)NCCN1CCOCC1. The normalized spacial score (nSPS) is 16.1. The minimum atomic E-state index is -3.30. The molecule has 2 rings (SSSR count). The van der Waals surface area contributed by atoms with E-state index in [0.717, 1.165) is 44.7 Å². The minimum Gasteiger partial charge on any atom is -0.379 e. The largest absolute Gasteiger partial charge is 0.379 e. The molecule has 128 valence electrons. The molecule has 0 atom stereocenters. The Morgan fingerprint density at radius 3 is 2.65 bits per heavy atom. The van der Waals surface area contributed by atoms with E-state index >= 15 is 0 Å². The number of hydrogen-bond donors (Lipinski definition) is 2. The van der Waals surface area contributed by atoms with Crippen molar-refractivity contribution in [2.45, 2.75) is 11.8 Å². The highest BCUT2D eigenvalue weighted by Gasteiger charge is 2.12. The highest BCUT2D eigenvalue weighted by Crippen LogP contribution is 2.20. The van der Waals surface area contributed by atoms with E-state index in [1.54, 1.807) is 6.07 Å². The molecule has 7 nitrogen and oxygen atoms in total. The van der Waals surface area contributed by atoms with Gasteiger partial charge < -0.3 is 15.4 Å². The fourth-order valence-electron chi connectivity index (χ4n) is 2.29. The van der Waals surface area contributed by atoms with Gasteiger partial charge >= 0.3 is 6.03 Å². The Balaban J connectivity index is 1.87. The maximum absolute atomic E-state index is 12.0. The molecule has 1 aromatic rings. The number of amides is 2. The number of anilines is 1. The zero-order valence-corrected chi connectivity index (χ0v) is 14.3. The molecule has 0 aliphatic carbocycles. The molecule has 0 radical (unpaired) electrons. The second kappa shape index (κ2) is 7.76. The minimum absolute atomic E-state index is 0.187. The standard InChI is InChI=1S/C15H23N3O4S/c1-12-3-4-13(23(2,20)21)11-14(12)17-15(19)16-5-6-18-7-9-22-10-8-18/h3-4,11H,5-10H2,1-2H3,(H2,16,17,19). The summed E-state index contributed by atoms with van der Waals surface area (Å²) < 4.78 is 28.4. The fraction of sp³-hybridized carbons (Fsp3) is 0.533. The van der Waals surface area contributed by atoms with Gasteiger partial charge in [0.1, 0.15) is 0 Å². The predicted molar refractivity (Wildman–Crippen MR) is 88.6 cm³/mol. The Labute approximate surface area is 136 Å². The third kappa shape index (κ3) is 5.49. The second-order valence-corrected chi connectivity index (χ2v) is 7.60. The Hall–Kier alpha value is -1.64. The zero-order valence-electron chi connectivity index (χ0n) is 13.5. The first-order valence-corrected chi connectivity index (χ1v) is 9.41. The Morgan fingerprint density at radius 2 is 2.00 bits per heavy atom. The van der Waals surface area contributed by atoms with E-state index in [4.69, 9.17) is 4.74 Å². The molecule has 1 aliphatic rings. The van der Waals surface area contributed by atoms with E-state index in [2.05, 4.69) is 15.5 Å². The van der Waals surface area contributed by atoms with Crippen LogP contribution in [0, 0.1) is 6.92 Å². The van der Waals surface area contributed by atoms with Crippen LogP contribution in [0.15, 0.2) is 23.1 Å². The lowest BCUT2D eigenvalue weighted by molar-refractivity contribution is 0.0388. The number of ether oxygens (including phenoxy) is 1. The van der Waals surface area contributed by atoms with Crippen molar-refractivity contribution < 1.29 is 17.9 Å². The van der Waals surface area contributed by atoms with Gasteiger partial charge in [-0.15, -0.1) is 0 Å². The number of morpholine rings is 1. The lowest BCUT2D eigenvalue weighted by Crippen LogP contribution is -2.42. The number of urea groups is 1. The summed E-state index contributed by atoms with van der Waals surface area (Å²) in [7, 11) is -3.30. The predicted octanol–water partition coefficient (Wildman–Crippen LogP) is 0.852. The van der Waals surface area contributed by atoms with Gasteiger partial charge in [-0.3, -0.25) is 4.90 Å². The lowest BCUT2D eigenvalue weighted by atomic mass is 10.2. The Kier molecular flexibility index (Phi) is 5.97. The third-order valence-electron chi connectivity index (χ3n) is 3.70. The second-order valence-electron chi connectivity index (χ2n) is 5.58. The van der Waals surface area contributed by atoms with Crippen LogP contribution in [-0.4, -0.2) is 65.0 Å². The molecule has 1 aromatic carbocycles. The summed E-state index contributed by atoms with van der Waals surface area (Å²) in [6, 6.07) is 4.35. The molecule has 0 spiro atoms. The molecule has 2 amide bonds. The molecule has 1 heterocycles. The van der Waals surface area contributed by atoms with Gasteiger partial charge in [-0.2, -0.15) is 0 Å². The van der Waals surface area contributed by atoms with Gasteiger partial charge in [0.05, 0.1) is 18.1 Å². The van der Waals surface area contributed by atoms with E-state index in [9.17, 15) is 13.2 Å². The van der Waals surface area contributed by atoms with E-state index in [1.165, 1.54) is 12.1 Å². The van der Waals surface area contributed by atoms with Gasteiger partial charge in [0.2, 0.25) is 0 Å². The summed E-state index contributed by atoms with van der Waals surface area (Å²) in [5.41, 5.74) is 1.30. The monoisotopic (exact) mass is 341 g/mol. The van der Waals surface area contributed by atoms with Gasteiger partial charge in [-0.1, -0.05) is 6.07 Å². The van der Waals surface area contributed by atoms with Gasteiger partial charge in [-0.05, 0) is 24.6 Å². The van der Waals surface area contributed by atoms with Crippen LogP contribution in [0.4, 0.5) is 10.5 Å². The highest BCUT2D eigenvalue weighted by molar-refractivity contribution is 7.90. The molecule has 0 unspecified atom stereocenters. The fourth-order valence-corrected chi connectivity index (χ4v) is 2.93. The number of sulfone groups is 1. The summed E-state index contributed by atoms with van der Waals surface area (Å²) in [6.45, 7) is 6.30. The average Bonchev–Trinajstić information content (AvgIpc) is 2.49. The maximum atomic E-state index is 12.0. The number of nitrogens with zero attached hydrogens (tertiary/aromatic N) is 1. The number of carbonyl (C=O) groups excluding carboxylic acids is 1. The highest BCUT2D eigenvalue weighted by atomic mass is 32.2. The summed E-state index contributed by atoms with van der Waals surface area (Å²) in [5.74, 6) is 0. The van der Waals surface area contributed by atoms with Crippen molar-refractivity contribution >= 4 is 21.6 Å². The van der Waals surface area contributed by atoms with E-state index in [-0.39, 0.29) is 10.9 Å². The Bertz CT molecular complexity index is 655. The zero-order chi connectivity index (χ0) is 16.9. The smallest absolute Gasteiger partial charge is 0.319 e. The van der Waals surface area contributed by atoms with Crippen molar-refractivity contribution in [1.82, 2.24) is 10.2 Å². The van der Waals surface area contributed by atoms with Gasteiger partial charge in [-0.25, -0.2) is 13.2 Å². The van der Waals surface area contributed by atoms with E-state index in [0.29, 0.717) is 12.2 Å². The number of benzene rings is 1. The summed E-state index contributed by atoms with van der Waals surface area (Å²) in [5, 5.41) is 5.48. The molecule has 2 N–H and O–H groups in total. The van der Waals surface area contributed by atoms with Crippen LogP contribution < -0.4 is 10.6 Å². The molecule has 0 bridgehead atoms. The van der Waals surface area contributed by atoms with E-state index in [1.807, 2.05) is 6.92 Å². The van der Waals surface area contributed by atoms with Gasteiger partial charge in [0.25, 0.3) is 0 Å². The quantitative estimate of drug-likeness (QED) is 0.829. The van der Waals surface area contributed by atoms with E-state index < -0.39 is 9.84 Å². The van der Waals surface area contributed by atoms with Crippen LogP contribution in [-0.2, 0) is 14.6 Å². The van der Waals surface area contributed by atoms with Crippen LogP contribution in [0.5, 0.6) is 0 Å². The third-order valence-corrected chi connectivity index (χ3v) is 4.81. The van der Waals surface area contributed by atoms with Crippen molar-refractivity contribution in [3.63, 3.8) is 0 Å². The molecule has 0 aromatic heterocycles. The molecule has 8 heteroatoms. The van der Waals surface area contributed by atoms with Gasteiger partial charge in [0, 0.05) is 38.1 Å². The summed E-state index contributed by atoms with van der Waals surface area (Å²) in [6.07, 6.45) is 1.14. The average molecular weight is 341 g/mol. The molecule has 1 aliphatic heterocycles. The molecular formula is C15H23N3O4S. The first-order valence-electron chi connectivity index (χ1n) is 7.52.